The number of nitriles is 2. The number of rotatable bonds is 7. The maximum Gasteiger partial charge on any atom is 0.343 e. The van der Waals surface area contributed by atoms with Crippen molar-refractivity contribution in [3.8, 4) is 23.6 Å². The smallest absolute Gasteiger partial charge is 0.343 e. The van der Waals surface area contributed by atoms with Crippen LogP contribution >= 0.6 is 23.2 Å². The van der Waals surface area contributed by atoms with Gasteiger partial charge in [-0.1, -0.05) is 64.8 Å². The van der Waals surface area contributed by atoms with Gasteiger partial charge in [0.2, 0.25) is 0 Å². The summed E-state index contributed by atoms with van der Waals surface area (Å²) < 4.78 is 56.8. The molecule has 0 aliphatic rings. The number of aromatic hydroxyl groups is 1. The van der Waals surface area contributed by atoms with Crippen molar-refractivity contribution in [2.24, 2.45) is 0 Å². The van der Waals surface area contributed by atoms with Gasteiger partial charge >= 0.3 is 11.9 Å². The fourth-order valence-electron chi connectivity index (χ4n) is 3.75. The second-order valence-electron chi connectivity index (χ2n) is 9.46. The van der Waals surface area contributed by atoms with Gasteiger partial charge < -0.3 is 14.9 Å². The fraction of sp³-hybridized carbons (Fsp3) is 0.243. The molecule has 0 amide bonds. The highest BCUT2D eigenvalue weighted by Gasteiger charge is 2.15. The highest BCUT2D eigenvalue weighted by Crippen LogP contribution is 2.21. The first-order valence-electron chi connectivity index (χ1n) is 15.1. The maximum atomic E-state index is 13.4. The maximum absolute atomic E-state index is 13.4. The number of phenolic OH excluding ortho intramolecular Hbond substituents is 1. The lowest BCUT2D eigenvalue weighted by Gasteiger charge is -2.06. The predicted octanol–water partition coefficient (Wildman–Crippen LogP) is 10.3. The molecule has 0 aliphatic carbocycles. The molecule has 266 valence electrons. The molecular formula is C37H36Cl2F4N2O5. The summed E-state index contributed by atoms with van der Waals surface area (Å²) in [6.07, 6.45) is 4.00. The van der Waals surface area contributed by atoms with Crippen LogP contribution in [0.4, 0.5) is 17.6 Å². The zero-order chi connectivity index (χ0) is 38.2. The van der Waals surface area contributed by atoms with Gasteiger partial charge in [-0.15, -0.1) is 23.2 Å². The standard InChI is InChI=1S/C17H13F2NO2.C10H12O2.C7H3F2NO.C2H6.CH2Cl2/c1-2-3-11-4-6-12(7-5-11)17(21)22-13-8-15(18)14(10-20)16(19)9-13;1-2-3-8-4-6-9(7-5-8)10(11)12;8-6-1-4(11)2-7(9)5(6)3-10;1-2;2-1-3/h4-9H,2-3H2,1H3;4-7H,2-3H2,1H3,(H,11,12);1-2,11H;1-2H3;1H2. The third-order valence-corrected chi connectivity index (χ3v) is 5.94. The van der Waals surface area contributed by atoms with Crippen LogP contribution in [0.3, 0.4) is 0 Å². The largest absolute Gasteiger partial charge is 0.508 e. The number of halogens is 6. The van der Waals surface area contributed by atoms with Crippen LogP contribution in [-0.4, -0.2) is 27.5 Å². The van der Waals surface area contributed by atoms with E-state index in [1.165, 1.54) is 17.7 Å². The van der Waals surface area contributed by atoms with Crippen LogP contribution in [0, 0.1) is 45.9 Å². The molecule has 0 aliphatic heterocycles. The molecule has 0 aromatic heterocycles. The Morgan fingerprint density at radius 1 is 0.700 bits per heavy atom. The summed E-state index contributed by atoms with van der Waals surface area (Å²) in [6.45, 7) is 8.15. The van der Waals surface area contributed by atoms with Gasteiger partial charge in [0, 0.05) is 24.3 Å². The lowest BCUT2D eigenvalue weighted by atomic mass is 10.1. The summed E-state index contributed by atoms with van der Waals surface area (Å²) in [5.41, 5.74) is 1.54. The molecule has 0 spiro atoms. The van der Waals surface area contributed by atoms with Crippen molar-refractivity contribution in [3.63, 3.8) is 0 Å². The normalized spacial score (nSPS) is 9.28. The zero-order valence-corrected chi connectivity index (χ0v) is 29.3. The predicted molar refractivity (Wildman–Crippen MR) is 185 cm³/mol. The molecule has 0 saturated carbocycles. The first kappa shape index (κ1) is 44.9. The van der Waals surface area contributed by atoms with Crippen molar-refractivity contribution in [3.05, 3.63) is 129 Å². The van der Waals surface area contributed by atoms with E-state index in [2.05, 4.69) is 13.8 Å². The Morgan fingerprint density at radius 2 is 1.04 bits per heavy atom. The number of carbonyl (C=O) groups is 2. The monoisotopic (exact) mass is 734 g/mol. The number of carboxylic acids is 1. The Kier molecular flexibility index (Phi) is 22.4. The van der Waals surface area contributed by atoms with Crippen molar-refractivity contribution in [2.45, 2.75) is 53.4 Å². The van der Waals surface area contributed by atoms with Gasteiger partial charge in [-0.25, -0.2) is 27.2 Å². The Labute approximate surface area is 298 Å². The highest BCUT2D eigenvalue weighted by atomic mass is 35.5. The topological polar surface area (TPSA) is 131 Å². The molecule has 4 rings (SSSR count). The van der Waals surface area contributed by atoms with Gasteiger partial charge in [0.25, 0.3) is 0 Å². The zero-order valence-electron chi connectivity index (χ0n) is 27.7. The molecule has 0 saturated heterocycles. The number of hydrogen-bond donors (Lipinski definition) is 2. The van der Waals surface area contributed by atoms with Crippen LogP contribution in [0.15, 0.2) is 72.8 Å². The minimum atomic E-state index is -1.07. The molecule has 4 aromatic rings. The first-order valence-corrected chi connectivity index (χ1v) is 16.1. The number of ether oxygens (including phenoxy) is 1. The van der Waals surface area contributed by atoms with Gasteiger partial charge in [-0.3, -0.25) is 0 Å². The van der Waals surface area contributed by atoms with E-state index in [9.17, 15) is 27.2 Å². The SMILES string of the molecule is CC.CCCc1ccc(C(=O)O)cc1.CCCc1ccc(C(=O)Oc2cc(F)c(C#N)c(F)c2)cc1.ClCCl.N#Cc1c(F)cc(O)cc1F. The number of nitrogens with zero attached hydrogens (tertiary/aromatic N) is 2. The second-order valence-corrected chi connectivity index (χ2v) is 10.3. The van der Waals surface area contributed by atoms with Gasteiger partial charge in [-0.05, 0) is 48.2 Å². The molecule has 50 heavy (non-hydrogen) atoms. The van der Waals surface area contributed by atoms with E-state index in [0.717, 1.165) is 43.4 Å². The van der Waals surface area contributed by atoms with Crippen LogP contribution in [0.1, 0.15) is 83.5 Å². The molecular weight excluding hydrogens is 699 g/mol. The lowest BCUT2D eigenvalue weighted by molar-refractivity contribution is 0.0694. The molecule has 0 heterocycles. The number of phenols is 1. The summed E-state index contributed by atoms with van der Waals surface area (Å²) in [6, 6.07) is 19.6. The molecule has 0 bridgehead atoms. The van der Waals surface area contributed by atoms with E-state index in [1.54, 1.807) is 36.4 Å². The van der Waals surface area contributed by atoms with E-state index in [4.69, 9.17) is 48.7 Å². The van der Waals surface area contributed by atoms with Gasteiger partial charge in [0.15, 0.2) is 0 Å². The Bertz CT molecular complexity index is 1700. The molecule has 2 N–H and O–H groups in total. The highest BCUT2D eigenvalue weighted by molar-refractivity contribution is 6.40. The Balaban J connectivity index is 0.000000727. The summed E-state index contributed by atoms with van der Waals surface area (Å²) in [7, 11) is 0. The summed E-state index contributed by atoms with van der Waals surface area (Å²) in [5.74, 6) is -6.62. The average molecular weight is 736 g/mol. The van der Waals surface area contributed by atoms with E-state index in [-0.39, 0.29) is 16.7 Å². The van der Waals surface area contributed by atoms with Crippen LogP contribution in [0.25, 0.3) is 0 Å². The number of alkyl halides is 2. The van der Waals surface area contributed by atoms with Gasteiger partial charge in [0.05, 0.1) is 16.5 Å². The van der Waals surface area contributed by atoms with Crippen LogP contribution < -0.4 is 4.74 Å². The van der Waals surface area contributed by atoms with E-state index in [1.807, 2.05) is 26.0 Å². The molecule has 13 heteroatoms. The van der Waals surface area contributed by atoms with E-state index in [0.29, 0.717) is 17.7 Å². The van der Waals surface area contributed by atoms with Crippen LogP contribution in [0.2, 0.25) is 0 Å². The minimum absolute atomic E-state index is 0.194. The number of esters is 1. The van der Waals surface area contributed by atoms with Crippen LogP contribution in [-0.2, 0) is 12.8 Å². The molecule has 0 unspecified atom stereocenters. The van der Waals surface area contributed by atoms with Gasteiger partial charge in [-0.2, -0.15) is 10.5 Å². The van der Waals surface area contributed by atoms with Crippen LogP contribution in [0.5, 0.6) is 11.5 Å². The van der Waals surface area contributed by atoms with E-state index >= 15 is 0 Å². The van der Waals surface area contributed by atoms with Crippen molar-refractivity contribution in [1.82, 2.24) is 0 Å². The van der Waals surface area contributed by atoms with Crippen molar-refractivity contribution in [1.29, 1.82) is 10.5 Å². The number of aryl methyl sites for hydroxylation is 2. The molecule has 7 nitrogen and oxygen atoms in total. The molecule has 0 fully saturated rings. The minimum Gasteiger partial charge on any atom is -0.508 e. The molecule has 0 radical (unpaired) electrons. The summed E-state index contributed by atoms with van der Waals surface area (Å²) >= 11 is 9.53. The first-order chi connectivity index (χ1) is 23.8. The number of aromatic carboxylic acids is 1. The fourth-order valence-corrected chi connectivity index (χ4v) is 3.75. The van der Waals surface area contributed by atoms with Crippen molar-refractivity contribution >= 4 is 35.1 Å². The average Bonchev–Trinajstić information content (AvgIpc) is 3.07. The number of hydrogen-bond acceptors (Lipinski definition) is 6. The Hall–Kier alpha value is -5.10. The van der Waals surface area contributed by atoms with E-state index < -0.39 is 52.1 Å². The van der Waals surface area contributed by atoms with Crippen molar-refractivity contribution in [2.75, 3.05) is 5.34 Å². The number of carboxylic acid groups (broad SMARTS) is 1. The van der Waals surface area contributed by atoms with Gasteiger partial charge in [0.1, 0.15) is 58.0 Å². The Morgan fingerprint density at radius 3 is 1.36 bits per heavy atom. The quantitative estimate of drug-likeness (QED) is 0.0836. The second kappa shape index (κ2) is 25.0. The summed E-state index contributed by atoms with van der Waals surface area (Å²) in [5, 5.41) is 34.2. The van der Waals surface area contributed by atoms with Crippen molar-refractivity contribution < 1.29 is 42.1 Å². The molecule has 4 aromatic carbocycles. The lowest BCUT2D eigenvalue weighted by Crippen LogP contribution is -2.09. The third-order valence-electron chi connectivity index (χ3n) is 5.94. The third kappa shape index (κ3) is 15.9. The summed E-state index contributed by atoms with van der Waals surface area (Å²) in [4.78, 5) is 22.4. The number of benzene rings is 4. The number of carbonyl (C=O) groups excluding carboxylic acids is 1. The molecule has 0 atom stereocenters.